The first-order valence-electron chi connectivity index (χ1n) is 17.0. The zero-order valence-corrected chi connectivity index (χ0v) is 28.7. The van der Waals surface area contributed by atoms with Crippen molar-refractivity contribution in [1.29, 1.82) is 0 Å². The van der Waals surface area contributed by atoms with Crippen LogP contribution in [0.3, 0.4) is 0 Å². The molecule has 0 aromatic heterocycles. The molecule has 0 bridgehead atoms. The highest BCUT2D eigenvalue weighted by Crippen LogP contribution is 2.55. The second-order valence-electron chi connectivity index (χ2n) is 12.8. The third-order valence-electron chi connectivity index (χ3n) is 9.25. The molecule has 0 spiro atoms. The van der Waals surface area contributed by atoms with Crippen LogP contribution in [0.25, 0.3) is 0 Å². The van der Waals surface area contributed by atoms with Gasteiger partial charge in [-0.2, -0.15) is 0 Å². The summed E-state index contributed by atoms with van der Waals surface area (Å²) in [6.07, 6.45) is 0.525. The van der Waals surface area contributed by atoms with E-state index in [0.717, 1.165) is 44.9 Å². The maximum Gasteiger partial charge on any atom is 0.358 e. The maximum atomic E-state index is 6.69. The average Bonchev–Trinajstić information content (AvgIpc) is 3.49. The Morgan fingerprint density at radius 2 is 1.14 bits per heavy atom. The number of fused-ring (bicyclic) bond motifs is 5. The Hall–Kier alpha value is -5.79. The van der Waals surface area contributed by atoms with E-state index in [1.807, 2.05) is 109 Å². The molecular weight excluding hydrogens is 657 g/mol. The van der Waals surface area contributed by atoms with Gasteiger partial charge in [-0.1, -0.05) is 115 Å². The van der Waals surface area contributed by atoms with Crippen molar-refractivity contribution in [1.82, 2.24) is 0 Å². The minimum atomic E-state index is -0.873. The zero-order valence-electron chi connectivity index (χ0n) is 27.9. The number of ether oxygens (including phenoxy) is 6. The molecule has 6 nitrogen and oxygen atoms in total. The number of hydrogen-bond acceptors (Lipinski definition) is 7. The Morgan fingerprint density at radius 3 is 1.75 bits per heavy atom. The Balaban J connectivity index is 1.15. The largest absolute Gasteiger partial charge is 0.489 e. The summed E-state index contributed by atoms with van der Waals surface area (Å²) in [6, 6.07) is 50.0. The van der Waals surface area contributed by atoms with Gasteiger partial charge in [0.1, 0.15) is 43.7 Å². The van der Waals surface area contributed by atoms with E-state index in [1.54, 1.807) is 0 Å². The van der Waals surface area contributed by atoms with Crippen molar-refractivity contribution in [2.24, 2.45) is 0 Å². The van der Waals surface area contributed by atoms with Crippen LogP contribution in [0, 0.1) is 0 Å². The van der Waals surface area contributed by atoms with Gasteiger partial charge in [0.05, 0.1) is 5.92 Å². The molecule has 0 unspecified atom stereocenters. The van der Waals surface area contributed by atoms with Crippen LogP contribution in [0.5, 0.6) is 28.7 Å². The summed E-state index contributed by atoms with van der Waals surface area (Å²) in [5, 5.41) is 0.0370. The van der Waals surface area contributed by atoms with E-state index >= 15 is 0 Å². The highest BCUT2D eigenvalue weighted by atomic mass is 32.1. The predicted octanol–water partition coefficient (Wildman–Crippen LogP) is 9.62. The third-order valence-corrected chi connectivity index (χ3v) is 9.42. The second-order valence-corrected chi connectivity index (χ2v) is 13.1. The van der Waals surface area contributed by atoms with Crippen LogP contribution in [0.4, 0.5) is 0 Å². The van der Waals surface area contributed by atoms with Crippen LogP contribution in [0.15, 0.2) is 152 Å². The molecule has 254 valence electrons. The lowest BCUT2D eigenvalue weighted by molar-refractivity contribution is -0.0207. The smallest absolute Gasteiger partial charge is 0.358 e. The quantitative estimate of drug-likeness (QED) is 0.125. The van der Waals surface area contributed by atoms with Crippen molar-refractivity contribution >= 4 is 17.5 Å². The van der Waals surface area contributed by atoms with Crippen LogP contribution in [-0.4, -0.2) is 17.4 Å². The van der Waals surface area contributed by atoms with Gasteiger partial charge in [-0.05, 0) is 58.1 Å². The molecule has 0 saturated carbocycles. The van der Waals surface area contributed by atoms with Gasteiger partial charge in [0, 0.05) is 30.3 Å². The lowest BCUT2D eigenvalue weighted by Gasteiger charge is -2.40. The zero-order chi connectivity index (χ0) is 34.5. The van der Waals surface area contributed by atoms with E-state index < -0.39 is 5.60 Å². The molecular formula is C44H36O6S. The monoisotopic (exact) mass is 692 g/mol. The molecule has 1 aliphatic carbocycles. The van der Waals surface area contributed by atoms with E-state index in [0.29, 0.717) is 43.5 Å². The Kier molecular flexibility index (Phi) is 9.28. The summed E-state index contributed by atoms with van der Waals surface area (Å²) in [4.78, 5) is 0. The molecule has 7 heteroatoms. The molecule has 2 aliphatic rings. The van der Waals surface area contributed by atoms with Crippen molar-refractivity contribution in [2.75, 3.05) is 6.61 Å². The lowest BCUT2D eigenvalue weighted by Crippen LogP contribution is -2.48. The van der Waals surface area contributed by atoms with Crippen LogP contribution in [-0.2, 0) is 31.0 Å². The predicted molar refractivity (Wildman–Crippen MR) is 200 cm³/mol. The van der Waals surface area contributed by atoms with Crippen LogP contribution >= 0.6 is 12.2 Å². The molecule has 0 saturated heterocycles. The molecule has 1 aliphatic heterocycles. The molecule has 0 N–H and O–H groups in total. The lowest BCUT2D eigenvalue weighted by atomic mass is 9.80. The van der Waals surface area contributed by atoms with Gasteiger partial charge in [-0.15, -0.1) is 0 Å². The van der Waals surface area contributed by atoms with E-state index in [9.17, 15) is 0 Å². The Bertz CT molecular complexity index is 2110. The van der Waals surface area contributed by atoms with E-state index in [-0.39, 0.29) is 17.8 Å². The number of thiocarbonyl (C=S) groups is 1. The topological polar surface area (TPSA) is 55.4 Å². The molecule has 0 radical (unpaired) electrons. The number of para-hydroxylation sites is 1. The van der Waals surface area contributed by atoms with Crippen LogP contribution in [0.1, 0.15) is 39.3 Å². The Morgan fingerprint density at radius 1 is 0.588 bits per heavy atom. The first kappa shape index (κ1) is 32.4. The minimum absolute atomic E-state index is 0.0370. The van der Waals surface area contributed by atoms with E-state index in [4.69, 9.17) is 40.6 Å². The molecule has 6 aromatic rings. The molecule has 2 atom stereocenters. The van der Waals surface area contributed by atoms with Gasteiger partial charge in [0.25, 0.3) is 0 Å². The van der Waals surface area contributed by atoms with E-state index in [1.165, 1.54) is 0 Å². The second kappa shape index (κ2) is 14.6. The fourth-order valence-electron chi connectivity index (χ4n) is 6.83. The summed E-state index contributed by atoms with van der Waals surface area (Å²) in [5.41, 5.74) is 5.45. The maximum absolute atomic E-state index is 6.69. The van der Waals surface area contributed by atoms with Crippen molar-refractivity contribution in [3.8, 4) is 28.7 Å². The van der Waals surface area contributed by atoms with Gasteiger partial charge in [-0.25, -0.2) is 0 Å². The highest BCUT2D eigenvalue weighted by molar-refractivity contribution is 7.79. The summed E-state index contributed by atoms with van der Waals surface area (Å²) in [7, 11) is 0. The number of hydrogen-bond donors (Lipinski definition) is 0. The van der Waals surface area contributed by atoms with Gasteiger partial charge < -0.3 is 28.4 Å². The van der Waals surface area contributed by atoms with Crippen LogP contribution in [0.2, 0.25) is 0 Å². The fraction of sp³-hybridized carbons (Fsp3) is 0.159. The Labute approximate surface area is 303 Å². The molecule has 0 fully saturated rings. The molecule has 0 amide bonds. The molecule has 1 heterocycles. The first-order valence-corrected chi connectivity index (χ1v) is 17.4. The van der Waals surface area contributed by atoms with Crippen molar-refractivity contribution in [2.45, 2.75) is 37.8 Å². The fourth-order valence-corrected chi connectivity index (χ4v) is 7.10. The van der Waals surface area contributed by atoms with Gasteiger partial charge >= 0.3 is 5.24 Å². The standard InChI is InChI=1S/C44H36O6S/c51-43(49-35-19-11-4-12-20-35)50-44-26-34-23-40(46-28-32-15-7-2-8-16-32)41(47-29-33-17-9-3-10-18-33)25-38(34)42(44)37-22-21-36(24-39(37)48-30-44)45-27-31-13-5-1-6-14-31/h1-25,42H,26-30H2/t42-,44+/m0/s1. The van der Waals surface area contributed by atoms with Gasteiger partial charge in [0.15, 0.2) is 17.1 Å². The number of benzene rings is 6. The summed E-state index contributed by atoms with van der Waals surface area (Å²) in [5.74, 6) is 3.16. The summed E-state index contributed by atoms with van der Waals surface area (Å²) in [6.45, 7) is 1.50. The van der Waals surface area contributed by atoms with Crippen molar-refractivity contribution in [3.05, 3.63) is 185 Å². The molecule has 6 aromatic carbocycles. The van der Waals surface area contributed by atoms with Crippen molar-refractivity contribution in [3.63, 3.8) is 0 Å². The van der Waals surface area contributed by atoms with E-state index in [2.05, 4.69) is 42.5 Å². The van der Waals surface area contributed by atoms with Crippen LogP contribution < -0.4 is 23.7 Å². The number of rotatable bonds is 11. The normalized spacial score (nSPS) is 16.8. The van der Waals surface area contributed by atoms with Crippen molar-refractivity contribution < 1.29 is 28.4 Å². The van der Waals surface area contributed by atoms with Gasteiger partial charge in [-0.3, -0.25) is 0 Å². The SMILES string of the molecule is S=C(Oc1ccccc1)O[C@]12COc3cc(OCc4ccccc4)ccc3[C@H]1c1cc(OCc3ccccc3)c(OCc3ccccc3)cc1C2. The third kappa shape index (κ3) is 7.25. The average molecular weight is 693 g/mol. The van der Waals surface area contributed by atoms with Gasteiger partial charge in [0.2, 0.25) is 0 Å². The molecule has 8 rings (SSSR count). The minimum Gasteiger partial charge on any atom is -0.489 e. The highest BCUT2D eigenvalue weighted by Gasteiger charge is 2.54. The summed E-state index contributed by atoms with van der Waals surface area (Å²) < 4.78 is 38.4. The summed E-state index contributed by atoms with van der Waals surface area (Å²) >= 11 is 5.72. The molecule has 51 heavy (non-hydrogen) atoms. The first-order chi connectivity index (χ1) is 25.1.